The predicted molar refractivity (Wildman–Crippen MR) is 132 cm³/mol. The quantitative estimate of drug-likeness (QED) is 0.280. The van der Waals surface area contributed by atoms with Gasteiger partial charge in [-0.2, -0.15) is 5.10 Å². The third-order valence-corrected chi connectivity index (χ3v) is 6.47. The topological polar surface area (TPSA) is 121 Å². The van der Waals surface area contributed by atoms with E-state index in [4.69, 9.17) is 10.2 Å². The maximum Gasteiger partial charge on any atom is 0.343 e. The van der Waals surface area contributed by atoms with Crippen molar-refractivity contribution in [3.63, 3.8) is 0 Å². The molecular formula is C26H30N4O4. The van der Waals surface area contributed by atoms with Crippen LogP contribution in [0.15, 0.2) is 68.9 Å². The summed E-state index contributed by atoms with van der Waals surface area (Å²) in [5, 5.41) is 16.0. The predicted octanol–water partition coefficient (Wildman–Crippen LogP) is 3.78. The molecule has 1 fully saturated rings. The highest BCUT2D eigenvalue weighted by Crippen LogP contribution is 2.39. The zero-order valence-corrected chi connectivity index (χ0v) is 19.2. The van der Waals surface area contributed by atoms with Crippen LogP contribution in [0.3, 0.4) is 0 Å². The van der Waals surface area contributed by atoms with E-state index in [-0.39, 0.29) is 17.2 Å². The van der Waals surface area contributed by atoms with Gasteiger partial charge in [-0.15, -0.1) is 0 Å². The van der Waals surface area contributed by atoms with Crippen LogP contribution in [-0.2, 0) is 0 Å². The molecule has 4 N–H and O–H groups in total. The van der Waals surface area contributed by atoms with Gasteiger partial charge in [0, 0.05) is 24.1 Å². The number of para-hydroxylation sites is 1. The Hall–Kier alpha value is -3.65. The Labute approximate surface area is 198 Å². The van der Waals surface area contributed by atoms with E-state index >= 15 is 0 Å². The van der Waals surface area contributed by atoms with Gasteiger partial charge in [-0.1, -0.05) is 48.9 Å². The van der Waals surface area contributed by atoms with Gasteiger partial charge in [0.1, 0.15) is 11.3 Å². The van der Waals surface area contributed by atoms with Gasteiger partial charge in [0.15, 0.2) is 0 Å². The minimum Gasteiger partial charge on any atom is -0.507 e. The first-order valence-electron chi connectivity index (χ1n) is 11.6. The number of urea groups is 1. The molecule has 0 aliphatic carbocycles. The highest BCUT2D eigenvalue weighted by atomic mass is 16.4. The van der Waals surface area contributed by atoms with Gasteiger partial charge in [0.25, 0.3) is 0 Å². The highest BCUT2D eigenvalue weighted by Gasteiger charge is 2.35. The molecule has 34 heavy (non-hydrogen) atoms. The standard InChI is InChI=1S/C26H30N4O4/c1-17(28-29-26(27)33)20(16-30-14-8-3-9-15-30)22(18-10-4-2-5-11-18)23-24(31)19-12-6-7-13-21(19)34-25(23)32/h2,4-7,10-13,20,22,31H,3,8-9,14-16H2,1H3,(H3,27,29,33)/b28-17+/t20-,22-/m1/s1. The van der Waals surface area contributed by atoms with E-state index in [1.807, 2.05) is 30.3 Å². The normalized spacial score (nSPS) is 16.8. The zero-order chi connectivity index (χ0) is 24.1. The number of piperidine rings is 1. The van der Waals surface area contributed by atoms with Gasteiger partial charge >= 0.3 is 11.7 Å². The van der Waals surface area contributed by atoms with Crippen LogP contribution in [-0.4, -0.2) is 41.4 Å². The second-order valence-electron chi connectivity index (χ2n) is 8.73. The van der Waals surface area contributed by atoms with Crippen LogP contribution in [0, 0.1) is 5.92 Å². The number of rotatable bonds is 7. The van der Waals surface area contributed by atoms with E-state index in [9.17, 15) is 14.7 Å². The summed E-state index contributed by atoms with van der Waals surface area (Å²) in [6.45, 7) is 4.28. The number of carbonyl (C=O) groups excluding carboxylic acids is 1. The molecule has 2 atom stereocenters. The number of nitrogens with two attached hydrogens (primary N) is 1. The van der Waals surface area contributed by atoms with Crippen molar-refractivity contribution < 1.29 is 14.3 Å². The monoisotopic (exact) mass is 462 g/mol. The molecule has 1 aliphatic heterocycles. The van der Waals surface area contributed by atoms with E-state index in [0.29, 0.717) is 23.2 Å². The minimum absolute atomic E-state index is 0.0972. The molecular weight excluding hydrogens is 432 g/mol. The summed E-state index contributed by atoms with van der Waals surface area (Å²) >= 11 is 0. The van der Waals surface area contributed by atoms with Crippen LogP contribution in [0.1, 0.15) is 43.2 Å². The molecule has 0 unspecified atom stereocenters. The Balaban J connectivity index is 1.90. The molecule has 1 aliphatic rings. The van der Waals surface area contributed by atoms with Crippen molar-refractivity contribution in [1.29, 1.82) is 0 Å². The number of hydrogen-bond acceptors (Lipinski definition) is 6. The van der Waals surface area contributed by atoms with Gasteiger partial charge in [-0.3, -0.25) is 0 Å². The van der Waals surface area contributed by atoms with Crippen molar-refractivity contribution in [3.8, 4) is 5.75 Å². The van der Waals surface area contributed by atoms with Crippen LogP contribution in [0.5, 0.6) is 5.75 Å². The van der Waals surface area contributed by atoms with Gasteiger partial charge < -0.3 is 20.2 Å². The van der Waals surface area contributed by atoms with E-state index in [2.05, 4.69) is 15.4 Å². The fourth-order valence-corrected chi connectivity index (χ4v) is 4.81. The zero-order valence-electron chi connectivity index (χ0n) is 19.2. The molecule has 1 aromatic heterocycles. The van der Waals surface area contributed by atoms with Crippen molar-refractivity contribution in [2.75, 3.05) is 19.6 Å². The summed E-state index contributed by atoms with van der Waals surface area (Å²) in [6, 6.07) is 15.7. The molecule has 0 radical (unpaired) electrons. The van der Waals surface area contributed by atoms with Crippen LogP contribution >= 0.6 is 0 Å². The number of hydrazone groups is 1. The summed E-state index contributed by atoms with van der Waals surface area (Å²) in [5.41, 5.74) is 8.95. The number of nitrogens with zero attached hydrogens (tertiary/aromatic N) is 2. The molecule has 8 heteroatoms. The lowest BCUT2D eigenvalue weighted by Gasteiger charge is -2.34. The highest BCUT2D eigenvalue weighted by molar-refractivity contribution is 5.89. The summed E-state index contributed by atoms with van der Waals surface area (Å²) in [6.07, 6.45) is 3.39. The molecule has 3 aromatic rings. The molecule has 2 amide bonds. The molecule has 2 heterocycles. The molecule has 178 valence electrons. The smallest absolute Gasteiger partial charge is 0.343 e. The van der Waals surface area contributed by atoms with Crippen LogP contribution < -0.4 is 16.8 Å². The van der Waals surface area contributed by atoms with E-state index < -0.39 is 17.6 Å². The van der Waals surface area contributed by atoms with Crippen molar-refractivity contribution in [2.45, 2.75) is 32.1 Å². The lowest BCUT2D eigenvalue weighted by molar-refractivity contribution is 0.207. The third-order valence-electron chi connectivity index (χ3n) is 6.47. The van der Waals surface area contributed by atoms with Crippen molar-refractivity contribution in [2.24, 2.45) is 16.8 Å². The number of nitrogens with one attached hydrogen (secondary N) is 1. The Bertz CT molecular complexity index is 1230. The Morgan fingerprint density at radius 3 is 2.50 bits per heavy atom. The lowest BCUT2D eigenvalue weighted by atomic mass is 9.78. The number of carbonyl (C=O) groups is 1. The number of benzene rings is 2. The Kier molecular flexibility index (Phi) is 7.27. The second-order valence-corrected chi connectivity index (χ2v) is 8.73. The molecule has 0 bridgehead atoms. The molecule has 0 spiro atoms. The number of fused-ring (bicyclic) bond motifs is 1. The SMILES string of the molecule is C/C(=N\NC(N)=O)[C@@H](CN1CCCCC1)[C@@H](c1ccccc1)c1c(O)c2ccccc2oc1=O. The fraction of sp³-hybridized carbons (Fsp3) is 0.346. The summed E-state index contributed by atoms with van der Waals surface area (Å²) in [7, 11) is 0. The van der Waals surface area contributed by atoms with Crippen LogP contribution in [0.2, 0.25) is 0 Å². The summed E-state index contributed by atoms with van der Waals surface area (Å²) < 4.78 is 5.64. The van der Waals surface area contributed by atoms with Gasteiger partial charge in [0.05, 0.1) is 10.9 Å². The van der Waals surface area contributed by atoms with Crippen molar-refractivity contribution in [3.05, 3.63) is 76.1 Å². The van der Waals surface area contributed by atoms with Gasteiger partial charge in [-0.05, 0) is 50.6 Å². The lowest BCUT2D eigenvalue weighted by Crippen LogP contribution is -2.40. The Morgan fingerprint density at radius 2 is 1.79 bits per heavy atom. The largest absolute Gasteiger partial charge is 0.507 e. The average Bonchev–Trinajstić information content (AvgIpc) is 2.85. The first-order chi connectivity index (χ1) is 16.5. The second kappa shape index (κ2) is 10.5. The first-order valence-corrected chi connectivity index (χ1v) is 11.6. The summed E-state index contributed by atoms with van der Waals surface area (Å²) in [5.74, 6) is -0.982. The molecule has 8 nitrogen and oxygen atoms in total. The number of primary amides is 1. The van der Waals surface area contributed by atoms with Crippen molar-refractivity contribution in [1.82, 2.24) is 10.3 Å². The first kappa shape index (κ1) is 23.5. The van der Waals surface area contributed by atoms with E-state index in [1.165, 1.54) is 6.42 Å². The number of hydrogen-bond donors (Lipinski definition) is 3. The Morgan fingerprint density at radius 1 is 1.12 bits per heavy atom. The maximum absolute atomic E-state index is 13.3. The molecule has 2 aromatic carbocycles. The van der Waals surface area contributed by atoms with E-state index in [1.54, 1.807) is 31.2 Å². The van der Waals surface area contributed by atoms with Gasteiger partial charge in [-0.25, -0.2) is 15.0 Å². The molecule has 1 saturated heterocycles. The van der Waals surface area contributed by atoms with Crippen molar-refractivity contribution >= 4 is 22.7 Å². The molecule has 4 rings (SSSR count). The fourth-order valence-electron chi connectivity index (χ4n) is 4.81. The summed E-state index contributed by atoms with van der Waals surface area (Å²) in [4.78, 5) is 27.0. The number of aromatic hydroxyl groups is 1. The third kappa shape index (κ3) is 5.12. The van der Waals surface area contributed by atoms with Crippen LogP contribution in [0.4, 0.5) is 4.79 Å². The van der Waals surface area contributed by atoms with Gasteiger partial charge in [0.2, 0.25) is 0 Å². The van der Waals surface area contributed by atoms with Crippen LogP contribution in [0.25, 0.3) is 11.0 Å². The van der Waals surface area contributed by atoms with E-state index in [0.717, 1.165) is 31.5 Å². The number of amides is 2. The average molecular weight is 463 g/mol. The number of likely N-dealkylation sites (tertiary alicyclic amines) is 1. The maximum atomic E-state index is 13.3. The molecule has 0 saturated carbocycles. The minimum atomic E-state index is -0.764.